The quantitative estimate of drug-likeness (QED) is 0.237. The molecule has 4 nitrogen and oxygen atoms in total. The van der Waals surface area contributed by atoms with E-state index in [2.05, 4.69) is 142 Å². The number of rotatable bonds is 2. The Bertz CT molecular complexity index is 1900. The minimum atomic E-state index is -0.0694. The van der Waals surface area contributed by atoms with E-state index in [0.29, 0.717) is 0 Å². The first kappa shape index (κ1) is 26.6. The number of H-pyrrole nitrogens is 2. The lowest BCUT2D eigenvalue weighted by molar-refractivity contribution is 0.371. The smallest absolute Gasteiger partial charge is 0.0519 e. The zero-order valence-corrected chi connectivity index (χ0v) is 25.5. The maximum atomic E-state index is 5.21. The number of nitrogens with one attached hydrogen (secondary N) is 3. The Labute approximate surface area is 248 Å². The van der Waals surface area contributed by atoms with E-state index in [1.165, 1.54) is 39.1 Å². The van der Waals surface area contributed by atoms with Gasteiger partial charge in [-0.2, -0.15) is 0 Å². The molecule has 0 amide bonds. The first-order valence-corrected chi connectivity index (χ1v) is 15.1. The van der Waals surface area contributed by atoms with E-state index in [9.17, 15) is 0 Å². The van der Waals surface area contributed by atoms with Crippen LogP contribution in [0.15, 0.2) is 77.1 Å². The van der Waals surface area contributed by atoms with Crippen LogP contribution in [0, 0.1) is 24.7 Å². The summed E-state index contributed by atoms with van der Waals surface area (Å²) in [5.74, 6) is 0. The van der Waals surface area contributed by atoms with Crippen LogP contribution in [0.4, 0.5) is 0 Å². The molecule has 0 radical (unpaired) electrons. The van der Waals surface area contributed by atoms with Gasteiger partial charge in [0.15, 0.2) is 0 Å². The van der Waals surface area contributed by atoms with Gasteiger partial charge in [0.2, 0.25) is 0 Å². The maximum absolute atomic E-state index is 5.21. The molecule has 3 aliphatic rings. The van der Waals surface area contributed by atoms with Crippen LogP contribution < -0.4 is 16.0 Å². The average molecular weight is 553 g/mol. The lowest BCUT2D eigenvalue weighted by Crippen LogP contribution is -2.32. The van der Waals surface area contributed by atoms with Crippen molar-refractivity contribution >= 4 is 30.0 Å². The highest BCUT2D eigenvalue weighted by molar-refractivity contribution is 6.12. The first-order chi connectivity index (χ1) is 20.0. The summed E-state index contributed by atoms with van der Waals surface area (Å²) in [6, 6.07) is 22.4. The fourth-order valence-electron chi connectivity index (χ4n) is 6.61. The van der Waals surface area contributed by atoms with Crippen molar-refractivity contribution in [1.29, 1.82) is 0 Å². The van der Waals surface area contributed by atoms with Crippen LogP contribution in [0.25, 0.3) is 46.6 Å². The Hall–Kier alpha value is -4.31. The second kappa shape index (κ2) is 9.62. The second-order valence-electron chi connectivity index (χ2n) is 13.8. The third-order valence-corrected chi connectivity index (χ3v) is 9.14. The molecule has 7 rings (SSSR count). The van der Waals surface area contributed by atoms with Crippen molar-refractivity contribution < 1.29 is 0 Å². The molecule has 2 aromatic heterocycles. The Kier molecular flexibility index (Phi) is 6.09. The summed E-state index contributed by atoms with van der Waals surface area (Å²) in [4.78, 5) is 12.7. The van der Waals surface area contributed by atoms with Crippen molar-refractivity contribution in [1.82, 2.24) is 15.3 Å². The molecule has 1 unspecified atom stereocenters. The van der Waals surface area contributed by atoms with Gasteiger partial charge >= 0.3 is 0 Å². The Morgan fingerprint density at radius 3 is 2.10 bits per heavy atom. The lowest BCUT2D eigenvalue weighted by Gasteiger charge is -2.22. The number of aliphatic imine (C=N–C) groups is 1. The Morgan fingerprint density at radius 1 is 0.738 bits per heavy atom. The number of allylic oxidation sites excluding steroid dienone is 2. The van der Waals surface area contributed by atoms with Crippen molar-refractivity contribution in [2.24, 2.45) is 15.8 Å². The van der Waals surface area contributed by atoms with Crippen LogP contribution in [0.2, 0.25) is 0 Å². The molecule has 4 aromatic rings. The van der Waals surface area contributed by atoms with Crippen LogP contribution in [-0.2, 0) is 0 Å². The van der Waals surface area contributed by atoms with E-state index in [-0.39, 0.29) is 16.9 Å². The van der Waals surface area contributed by atoms with Gasteiger partial charge in [-0.3, -0.25) is 4.99 Å². The highest BCUT2D eigenvalue weighted by Gasteiger charge is 2.36. The maximum Gasteiger partial charge on any atom is 0.0519 e. The molecule has 2 aromatic carbocycles. The van der Waals surface area contributed by atoms with Crippen molar-refractivity contribution in [2.45, 2.75) is 60.4 Å². The molecule has 0 spiro atoms. The fourth-order valence-corrected chi connectivity index (χ4v) is 6.61. The molecule has 42 heavy (non-hydrogen) atoms. The molecule has 3 aliphatic heterocycles. The van der Waals surface area contributed by atoms with Gasteiger partial charge in [0.05, 0.1) is 6.04 Å². The van der Waals surface area contributed by atoms with Gasteiger partial charge in [-0.25, -0.2) is 0 Å². The summed E-state index contributed by atoms with van der Waals surface area (Å²) in [7, 11) is 0. The van der Waals surface area contributed by atoms with E-state index in [0.717, 1.165) is 46.3 Å². The van der Waals surface area contributed by atoms with Crippen molar-refractivity contribution in [3.05, 3.63) is 105 Å². The van der Waals surface area contributed by atoms with E-state index in [4.69, 9.17) is 4.99 Å². The number of hydrogen-bond donors (Lipinski definition) is 3. The predicted molar refractivity (Wildman–Crippen MR) is 177 cm³/mol. The van der Waals surface area contributed by atoms with E-state index >= 15 is 0 Å². The molecule has 212 valence electrons. The number of fused-ring (bicyclic) bond motifs is 7. The van der Waals surface area contributed by atoms with Crippen LogP contribution in [0.3, 0.4) is 0 Å². The van der Waals surface area contributed by atoms with Gasteiger partial charge in [0, 0.05) is 62.2 Å². The van der Waals surface area contributed by atoms with Crippen molar-refractivity contribution in [2.75, 3.05) is 0 Å². The van der Waals surface area contributed by atoms with E-state index in [1.807, 2.05) is 0 Å². The summed E-state index contributed by atoms with van der Waals surface area (Å²) >= 11 is 0. The summed E-state index contributed by atoms with van der Waals surface area (Å²) in [5.41, 5.74) is 13.1. The summed E-state index contributed by atoms with van der Waals surface area (Å²) < 4.78 is 0. The fraction of sp³-hybridized carbons (Fsp3) is 0.289. The SMILES string of the molecule is Cc1ccc(-c2cc3[nH]c2/C=C2N=C(/C=c4/cc(-c5ccc(C)cc5)/c([nH]4)=C/C4N/C(=C\3)CC4(C)C)CC\2(C)C)cc1. The molecule has 1 fully saturated rings. The molecule has 0 saturated carbocycles. The normalized spacial score (nSPS) is 24.2. The Balaban J connectivity index is 1.45. The highest BCUT2D eigenvalue weighted by Crippen LogP contribution is 2.41. The number of benzene rings is 2. The minimum absolute atomic E-state index is 0.0592. The standard InChI is InChI=1S/C38H40N4/c1-23-7-11-25(12-8-23)31-17-27-15-29-21-38(5,6)36(42-29)20-34-32(26-13-9-24(2)10-14-26)18-28(40-34)16-30-22-37(3,4)35(41-30)19-33(31)39-27/h7-20,35,39-41H,21-22H2,1-6H3/b27-15-,30-16-,33-19-,36-20-. The molecule has 4 heteroatoms. The lowest BCUT2D eigenvalue weighted by atomic mass is 9.84. The van der Waals surface area contributed by atoms with E-state index in [1.54, 1.807) is 0 Å². The zero-order valence-electron chi connectivity index (χ0n) is 25.5. The molecule has 5 heterocycles. The zero-order chi connectivity index (χ0) is 29.2. The molecule has 3 N–H and O–H groups in total. The van der Waals surface area contributed by atoms with Gasteiger partial charge in [-0.1, -0.05) is 87.4 Å². The molecule has 8 bridgehead atoms. The number of nitrogens with zero attached hydrogens (tertiary/aromatic N) is 1. The van der Waals surface area contributed by atoms with Gasteiger partial charge in [-0.15, -0.1) is 0 Å². The highest BCUT2D eigenvalue weighted by atomic mass is 15.0. The van der Waals surface area contributed by atoms with Gasteiger partial charge in [-0.05, 0) is 73.2 Å². The van der Waals surface area contributed by atoms with Gasteiger partial charge in [0.25, 0.3) is 0 Å². The predicted octanol–water partition coefficient (Wildman–Crippen LogP) is 7.51. The number of aromatic nitrogens is 2. The number of aryl methyl sites for hydroxylation is 2. The average Bonchev–Trinajstić information content (AvgIpc) is 3.65. The van der Waals surface area contributed by atoms with Crippen LogP contribution in [0.5, 0.6) is 0 Å². The minimum Gasteiger partial charge on any atom is -0.381 e. The van der Waals surface area contributed by atoms with Crippen LogP contribution in [0.1, 0.15) is 63.1 Å². The molecular formula is C38H40N4. The van der Waals surface area contributed by atoms with Crippen LogP contribution in [-0.4, -0.2) is 21.7 Å². The third-order valence-electron chi connectivity index (χ3n) is 9.14. The topological polar surface area (TPSA) is 56.0 Å². The first-order valence-electron chi connectivity index (χ1n) is 15.1. The van der Waals surface area contributed by atoms with E-state index < -0.39 is 0 Å². The van der Waals surface area contributed by atoms with Gasteiger partial charge < -0.3 is 15.3 Å². The molecule has 1 saturated heterocycles. The number of hydrogen-bond acceptors (Lipinski definition) is 2. The second-order valence-corrected chi connectivity index (χ2v) is 13.8. The summed E-state index contributed by atoms with van der Waals surface area (Å²) in [6.07, 6.45) is 11.1. The third kappa shape index (κ3) is 4.89. The molecule has 1 atom stereocenters. The Morgan fingerprint density at radius 2 is 1.40 bits per heavy atom. The van der Waals surface area contributed by atoms with Crippen molar-refractivity contribution in [3.8, 4) is 22.3 Å². The van der Waals surface area contributed by atoms with Gasteiger partial charge in [0.1, 0.15) is 0 Å². The number of aromatic amines is 2. The largest absolute Gasteiger partial charge is 0.381 e. The molecule has 0 aliphatic carbocycles. The van der Waals surface area contributed by atoms with Crippen LogP contribution >= 0.6 is 0 Å². The summed E-state index contributed by atoms with van der Waals surface area (Å²) in [6.45, 7) is 13.6. The monoisotopic (exact) mass is 552 g/mol. The summed E-state index contributed by atoms with van der Waals surface area (Å²) in [5, 5.41) is 6.12. The van der Waals surface area contributed by atoms with Crippen molar-refractivity contribution in [3.63, 3.8) is 0 Å². The molecular weight excluding hydrogens is 512 g/mol.